The van der Waals surface area contributed by atoms with Crippen LogP contribution in [0.2, 0.25) is 0 Å². The fraction of sp³-hybridized carbons (Fsp3) is 0.182. The van der Waals surface area contributed by atoms with Crippen molar-refractivity contribution in [3.05, 3.63) is 45.6 Å². The van der Waals surface area contributed by atoms with E-state index in [2.05, 4.69) is 15.9 Å². The molecule has 0 aliphatic heterocycles. The largest absolute Gasteiger partial charge is 0.512 e. The smallest absolute Gasteiger partial charge is 0.0968 e. The zero-order valence-corrected chi connectivity index (χ0v) is 9.87. The topological polar surface area (TPSA) is 64.3 Å². The van der Waals surface area contributed by atoms with Crippen molar-refractivity contribution in [3.63, 3.8) is 0 Å². The fourth-order valence-corrected chi connectivity index (χ4v) is 1.43. The van der Waals surface area contributed by atoms with Crippen molar-refractivity contribution in [2.45, 2.75) is 6.92 Å². The molecule has 0 unspecified atom stereocenters. The van der Waals surface area contributed by atoms with Crippen molar-refractivity contribution < 1.29 is 10.2 Å². The van der Waals surface area contributed by atoms with Gasteiger partial charge in [0.2, 0.25) is 0 Å². The first kappa shape index (κ1) is 11.9. The zero-order valence-electron chi connectivity index (χ0n) is 8.29. The van der Waals surface area contributed by atoms with Gasteiger partial charge in [-0.1, -0.05) is 28.1 Å². The first-order chi connectivity index (χ1) is 7.06. The molecule has 1 rings (SSSR count). The molecule has 4 heteroatoms. The standard InChI is InChI=1S/C11H12BrNO2/c1-7(15)10(6-14)11(13)8-2-4-9(12)5-3-8/h2-5,13-15H,6H2,1H3/b10-7-,13-11?. The molecule has 0 aliphatic rings. The van der Waals surface area contributed by atoms with E-state index >= 15 is 0 Å². The third-order valence-corrected chi connectivity index (χ3v) is 2.56. The van der Waals surface area contributed by atoms with Crippen LogP contribution in [0.1, 0.15) is 12.5 Å². The molecule has 0 aliphatic carbocycles. The van der Waals surface area contributed by atoms with E-state index in [1.807, 2.05) is 12.1 Å². The summed E-state index contributed by atoms with van der Waals surface area (Å²) in [6.45, 7) is 1.12. The van der Waals surface area contributed by atoms with Gasteiger partial charge in [0.05, 0.1) is 18.1 Å². The van der Waals surface area contributed by atoms with Crippen LogP contribution in [0.5, 0.6) is 0 Å². The van der Waals surface area contributed by atoms with Crippen molar-refractivity contribution in [1.29, 1.82) is 5.41 Å². The molecule has 1 aromatic carbocycles. The summed E-state index contributed by atoms with van der Waals surface area (Å²) in [6.07, 6.45) is 0. The predicted octanol–water partition coefficient (Wildman–Crippen LogP) is 2.64. The maximum atomic E-state index is 9.27. The van der Waals surface area contributed by atoms with Gasteiger partial charge in [-0.05, 0) is 24.6 Å². The summed E-state index contributed by atoms with van der Waals surface area (Å²) in [7, 11) is 0. The predicted molar refractivity (Wildman–Crippen MR) is 63.4 cm³/mol. The third kappa shape index (κ3) is 2.91. The number of benzene rings is 1. The average molecular weight is 270 g/mol. The molecule has 0 heterocycles. The second kappa shape index (κ2) is 5.09. The Labute approximate surface area is 96.7 Å². The summed E-state index contributed by atoms with van der Waals surface area (Å²) in [5.41, 5.74) is 1.05. The Morgan fingerprint density at radius 3 is 2.27 bits per heavy atom. The summed E-state index contributed by atoms with van der Waals surface area (Å²) in [5.74, 6) is -0.0228. The van der Waals surface area contributed by atoms with Crippen molar-refractivity contribution in [3.8, 4) is 0 Å². The Kier molecular flexibility index (Phi) is 4.05. The number of nitrogens with one attached hydrogen (secondary N) is 1. The van der Waals surface area contributed by atoms with E-state index in [0.29, 0.717) is 5.56 Å². The molecule has 1 aromatic rings. The fourth-order valence-electron chi connectivity index (χ4n) is 1.17. The molecule has 0 saturated heterocycles. The van der Waals surface area contributed by atoms with Crippen molar-refractivity contribution >= 4 is 21.6 Å². The van der Waals surface area contributed by atoms with Gasteiger partial charge in [0, 0.05) is 10.0 Å². The van der Waals surface area contributed by atoms with Gasteiger partial charge in [0.25, 0.3) is 0 Å². The molecule has 0 spiro atoms. The Morgan fingerprint density at radius 1 is 1.33 bits per heavy atom. The van der Waals surface area contributed by atoms with E-state index in [1.54, 1.807) is 12.1 Å². The Morgan fingerprint density at radius 2 is 1.87 bits per heavy atom. The molecule has 0 amide bonds. The minimum atomic E-state index is -0.336. The van der Waals surface area contributed by atoms with Gasteiger partial charge in [0.15, 0.2) is 0 Å². The summed E-state index contributed by atoms with van der Waals surface area (Å²) in [6, 6.07) is 7.13. The van der Waals surface area contributed by atoms with Crippen molar-refractivity contribution in [1.82, 2.24) is 0 Å². The number of rotatable bonds is 3. The monoisotopic (exact) mass is 269 g/mol. The highest BCUT2D eigenvalue weighted by Gasteiger charge is 2.09. The van der Waals surface area contributed by atoms with E-state index in [-0.39, 0.29) is 23.7 Å². The van der Waals surface area contributed by atoms with Crippen molar-refractivity contribution in [2.24, 2.45) is 0 Å². The molecule has 0 bridgehead atoms. The van der Waals surface area contributed by atoms with E-state index in [1.165, 1.54) is 6.92 Å². The number of hydrogen-bond acceptors (Lipinski definition) is 3. The lowest BCUT2D eigenvalue weighted by Gasteiger charge is -2.07. The number of halogens is 1. The molecule has 0 fully saturated rings. The number of aliphatic hydroxyl groups is 2. The quantitative estimate of drug-likeness (QED) is 0.584. The Hall–Kier alpha value is -1.13. The number of aliphatic hydroxyl groups excluding tert-OH is 2. The maximum Gasteiger partial charge on any atom is 0.0968 e. The Bertz CT molecular complexity index is 392. The van der Waals surface area contributed by atoms with Crippen LogP contribution < -0.4 is 0 Å². The molecule has 0 radical (unpaired) electrons. The van der Waals surface area contributed by atoms with Crippen LogP contribution in [0.25, 0.3) is 0 Å². The van der Waals surface area contributed by atoms with Gasteiger partial charge >= 0.3 is 0 Å². The minimum Gasteiger partial charge on any atom is -0.512 e. The third-order valence-electron chi connectivity index (χ3n) is 2.03. The van der Waals surface area contributed by atoms with Gasteiger partial charge in [0.1, 0.15) is 0 Å². The van der Waals surface area contributed by atoms with Crippen LogP contribution >= 0.6 is 15.9 Å². The van der Waals surface area contributed by atoms with Gasteiger partial charge in [-0.25, -0.2) is 0 Å². The van der Waals surface area contributed by atoms with Crippen molar-refractivity contribution in [2.75, 3.05) is 6.61 Å². The molecule has 80 valence electrons. The molecule has 3 N–H and O–H groups in total. The molecule has 0 aromatic heterocycles. The van der Waals surface area contributed by atoms with Crippen LogP contribution in [-0.4, -0.2) is 22.5 Å². The number of hydrogen-bond donors (Lipinski definition) is 3. The van der Waals surface area contributed by atoms with E-state index in [0.717, 1.165) is 4.47 Å². The van der Waals surface area contributed by atoms with E-state index in [9.17, 15) is 5.11 Å². The summed E-state index contributed by atoms with van der Waals surface area (Å²) < 4.78 is 0.925. The van der Waals surface area contributed by atoms with Gasteiger partial charge < -0.3 is 10.2 Å². The maximum absolute atomic E-state index is 9.27. The molecule has 3 nitrogen and oxygen atoms in total. The highest BCUT2D eigenvalue weighted by molar-refractivity contribution is 9.10. The summed E-state index contributed by atoms with van der Waals surface area (Å²) in [5, 5.41) is 26.1. The minimum absolute atomic E-state index is 0.0228. The SMILES string of the molecule is C/C(O)=C(\CO)C(=N)c1ccc(Br)cc1. The first-order valence-electron chi connectivity index (χ1n) is 4.40. The zero-order chi connectivity index (χ0) is 11.4. The lowest BCUT2D eigenvalue weighted by atomic mass is 10.0. The molecule has 0 atom stereocenters. The van der Waals surface area contributed by atoms with Crippen LogP contribution in [0, 0.1) is 5.41 Å². The molecular weight excluding hydrogens is 258 g/mol. The molecular formula is C11H12BrNO2. The van der Waals surface area contributed by atoms with Crippen LogP contribution in [-0.2, 0) is 0 Å². The van der Waals surface area contributed by atoms with Gasteiger partial charge in [-0.15, -0.1) is 0 Å². The molecule has 15 heavy (non-hydrogen) atoms. The van der Waals surface area contributed by atoms with Gasteiger partial charge in [-0.3, -0.25) is 5.41 Å². The summed E-state index contributed by atoms with van der Waals surface area (Å²) >= 11 is 3.30. The average Bonchev–Trinajstić information content (AvgIpc) is 2.19. The second-order valence-corrected chi connectivity index (χ2v) is 4.02. The van der Waals surface area contributed by atoms with E-state index < -0.39 is 0 Å². The first-order valence-corrected chi connectivity index (χ1v) is 5.20. The second-order valence-electron chi connectivity index (χ2n) is 3.10. The number of allylic oxidation sites excluding steroid dienone is 1. The summed E-state index contributed by atoms with van der Waals surface area (Å²) in [4.78, 5) is 0. The highest BCUT2D eigenvalue weighted by Crippen LogP contribution is 2.14. The highest BCUT2D eigenvalue weighted by atomic mass is 79.9. The molecule has 0 saturated carbocycles. The Balaban J connectivity index is 3.04. The van der Waals surface area contributed by atoms with Crippen LogP contribution in [0.15, 0.2) is 40.1 Å². The lowest BCUT2D eigenvalue weighted by Crippen LogP contribution is -2.09. The van der Waals surface area contributed by atoms with Crippen LogP contribution in [0.4, 0.5) is 0 Å². The van der Waals surface area contributed by atoms with Gasteiger partial charge in [-0.2, -0.15) is 0 Å². The normalized spacial score (nSPS) is 12.2. The lowest BCUT2D eigenvalue weighted by molar-refractivity contribution is 0.322. The van der Waals surface area contributed by atoms with E-state index in [4.69, 9.17) is 10.5 Å². The van der Waals surface area contributed by atoms with Crippen LogP contribution in [0.3, 0.4) is 0 Å².